The van der Waals surface area contributed by atoms with Crippen molar-refractivity contribution in [2.45, 2.75) is 11.3 Å². The van der Waals surface area contributed by atoms with Gasteiger partial charge in [-0.2, -0.15) is 0 Å². The van der Waals surface area contributed by atoms with E-state index in [9.17, 15) is 0 Å². The Labute approximate surface area is 124 Å². The summed E-state index contributed by atoms with van der Waals surface area (Å²) in [7, 11) is 8.29. The molecule has 104 valence electrons. The number of fused-ring (bicyclic) bond motifs is 2. The Kier molecular flexibility index (Phi) is 3.34. The summed E-state index contributed by atoms with van der Waals surface area (Å²) < 4.78 is 0. The molecule has 3 rings (SSSR count). The number of likely N-dealkylation sites (N-methyl/N-ethyl adjacent to an activating group) is 1. The topological polar surface area (TPSA) is 18.8 Å². The molecule has 0 N–H and O–H groups in total. The Morgan fingerprint density at radius 2 is 1.90 bits per heavy atom. The van der Waals surface area contributed by atoms with Gasteiger partial charge in [-0.1, -0.05) is 17.8 Å². The van der Waals surface area contributed by atoms with Crippen LogP contribution in [0.15, 0.2) is 50.8 Å². The van der Waals surface area contributed by atoms with E-state index in [0.717, 1.165) is 12.1 Å². The lowest BCUT2D eigenvalue weighted by Crippen LogP contribution is -2.16. The van der Waals surface area contributed by atoms with Crippen LogP contribution in [0.2, 0.25) is 0 Å². The van der Waals surface area contributed by atoms with Crippen molar-refractivity contribution in [2.75, 3.05) is 33.1 Å². The maximum atomic E-state index is 4.81. The summed E-state index contributed by atoms with van der Waals surface area (Å²) in [5, 5.41) is 0. The smallest absolute Gasteiger partial charge is 0.0774 e. The molecule has 0 unspecified atom stereocenters. The number of nitrogens with zero attached hydrogens (tertiary/aromatic N) is 3. The fourth-order valence-corrected chi connectivity index (χ4v) is 3.36. The van der Waals surface area contributed by atoms with E-state index in [4.69, 9.17) is 4.99 Å². The van der Waals surface area contributed by atoms with E-state index in [2.05, 4.69) is 68.3 Å². The van der Waals surface area contributed by atoms with Crippen molar-refractivity contribution < 1.29 is 0 Å². The third-order valence-corrected chi connectivity index (χ3v) is 4.64. The first-order valence-corrected chi connectivity index (χ1v) is 7.52. The quantitative estimate of drug-likeness (QED) is 0.826. The van der Waals surface area contributed by atoms with E-state index in [1.54, 1.807) is 0 Å². The Morgan fingerprint density at radius 3 is 2.60 bits per heavy atom. The third kappa shape index (κ3) is 2.36. The monoisotopic (exact) mass is 285 g/mol. The zero-order valence-electron chi connectivity index (χ0n) is 12.3. The molecule has 1 heterocycles. The van der Waals surface area contributed by atoms with Crippen molar-refractivity contribution >= 4 is 28.8 Å². The number of allylic oxidation sites excluding steroid dienone is 3. The van der Waals surface area contributed by atoms with Crippen molar-refractivity contribution in [2.24, 2.45) is 4.99 Å². The number of hydrogen-bond acceptors (Lipinski definition) is 4. The summed E-state index contributed by atoms with van der Waals surface area (Å²) >= 11 is 1.83. The predicted molar refractivity (Wildman–Crippen MR) is 88.2 cm³/mol. The number of aliphatic imine (C=N–C) groups is 1. The Morgan fingerprint density at radius 1 is 1.10 bits per heavy atom. The van der Waals surface area contributed by atoms with Crippen LogP contribution in [0.25, 0.3) is 0 Å². The second-order valence-corrected chi connectivity index (χ2v) is 6.53. The van der Waals surface area contributed by atoms with Crippen LogP contribution in [0.5, 0.6) is 0 Å². The van der Waals surface area contributed by atoms with E-state index < -0.39 is 0 Å². The number of benzene rings is 1. The van der Waals surface area contributed by atoms with Crippen LogP contribution in [0, 0.1) is 0 Å². The zero-order chi connectivity index (χ0) is 14.3. The van der Waals surface area contributed by atoms with Crippen LogP contribution in [-0.4, -0.2) is 38.8 Å². The average Bonchev–Trinajstić information content (AvgIpc) is 2.43. The van der Waals surface area contributed by atoms with Gasteiger partial charge in [0.05, 0.1) is 11.4 Å². The standard InChI is InChI=1S/C16H19N3S/c1-18(2)11-5-7-13-15(9-11)20-16-10-12(19(3)4)6-8-14(16)17-13/h5-7,9-10H,8H2,1-4H3. The molecular weight excluding hydrogens is 266 g/mol. The molecule has 1 aliphatic carbocycles. The maximum absolute atomic E-state index is 4.81. The Hall–Kier alpha value is -1.68. The molecule has 1 aromatic carbocycles. The van der Waals surface area contributed by atoms with Gasteiger partial charge in [-0.05, 0) is 24.3 Å². The minimum atomic E-state index is 0.918. The molecule has 2 aliphatic rings. The van der Waals surface area contributed by atoms with Gasteiger partial charge < -0.3 is 9.80 Å². The average molecular weight is 285 g/mol. The largest absolute Gasteiger partial charge is 0.378 e. The highest BCUT2D eigenvalue weighted by Crippen LogP contribution is 2.44. The normalized spacial score (nSPS) is 16.5. The van der Waals surface area contributed by atoms with E-state index in [1.165, 1.54) is 26.9 Å². The SMILES string of the molecule is CN(C)C1=CCC2=Nc3ccc(N(C)C)cc3SC2=C1. The van der Waals surface area contributed by atoms with Gasteiger partial charge in [-0.15, -0.1) is 0 Å². The van der Waals surface area contributed by atoms with Crippen LogP contribution in [0.3, 0.4) is 0 Å². The lowest BCUT2D eigenvalue weighted by atomic mass is 10.1. The van der Waals surface area contributed by atoms with Crippen molar-refractivity contribution in [1.29, 1.82) is 0 Å². The summed E-state index contributed by atoms with van der Waals surface area (Å²) in [6, 6.07) is 6.46. The van der Waals surface area contributed by atoms with Gasteiger partial charge in [0, 0.05) is 55.8 Å². The Bertz CT molecular complexity index is 639. The number of thioether (sulfide) groups is 1. The highest BCUT2D eigenvalue weighted by molar-refractivity contribution is 8.04. The molecule has 0 amide bonds. The lowest BCUT2D eigenvalue weighted by Gasteiger charge is -2.25. The van der Waals surface area contributed by atoms with Gasteiger partial charge >= 0.3 is 0 Å². The number of anilines is 1. The van der Waals surface area contributed by atoms with Gasteiger partial charge in [0.15, 0.2) is 0 Å². The number of hydrogen-bond donors (Lipinski definition) is 0. The van der Waals surface area contributed by atoms with Crippen LogP contribution in [0.4, 0.5) is 11.4 Å². The highest BCUT2D eigenvalue weighted by Gasteiger charge is 2.21. The van der Waals surface area contributed by atoms with Crippen LogP contribution < -0.4 is 4.90 Å². The Balaban J connectivity index is 1.98. The van der Waals surface area contributed by atoms with Gasteiger partial charge in [0.25, 0.3) is 0 Å². The van der Waals surface area contributed by atoms with Gasteiger partial charge in [0.2, 0.25) is 0 Å². The molecule has 0 saturated carbocycles. The van der Waals surface area contributed by atoms with E-state index in [1.807, 2.05) is 11.8 Å². The summed E-state index contributed by atoms with van der Waals surface area (Å²) in [6.07, 6.45) is 5.39. The maximum Gasteiger partial charge on any atom is 0.0774 e. The highest BCUT2D eigenvalue weighted by atomic mass is 32.2. The second kappa shape index (κ2) is 5.02. The van der Waals surface area contributed by atoms with E-state index >= 15 is 0 Å². The van der Waals surface area contributed by atoms with Crippen LogP contribution in [-0.2, 0) is 0 Å². The summed E-state index contributed by atoms with van der Waals surface area (Å²) in [4.78, 5) is 11.6. The summed E-state index contributed by atoms with van der Waals surface area (Å²) in [5.41, 5.74) is 4.76. The molecule has 0 spiro atoms. The molecule has 1 aromatic rings. The molecule has 0 atom stereocenters. The van der Waals surface area contributed by atoms with Crippen molar-refractivity contribution in [3.63, 3.8) is 0 Å². The van der Waals surface area contributed by atoms with Crippen molar-refractivity contribution in [3.05, 3.63) is 41.0 Å². The molecule has 4 heteroatoms. The first kappa shape index (κ1) is 13.3. The predicted octanol–water partition coefficient (Wildman–Crippen LogP) is 3.66. The van der Waals surface area contributed by atoms with Crippen molar-refractivity contribution in [3.8, 4) is 0 Å². The molecule has 0 saturated heterocycles. The third-order valence-electron chi connectivity index (χ3n) is 3.52. The second-order valence-electron chi connectivity index (χ2n) is 5.44. The molecule has 20 heavy (non-hydrogen) atoms. The van der Waals surface area contributed by atoms with Gasteiger partial charge in [-0.3, -0.25) is 4.99 Å². The van der Waals surface area contributed by atoms with E-state index in [0.29, 0.717) is 0 Å². The minimum absolute atomic E-state index is 0.918. The lowest BCUT2D eigenvalue weighted by molar-refractivity contribution is 0.527. The molecule has 0 bridgehead atoms. The molecule has 3 nitrogen and oxygen atoms in total. The van der Waals surface area contributed by atoms with Crippen molar-refractivity contribution in [1.82, 2.24) is 4.90 Å². The fraction of sp³-hybridized carbons (Fsp3) is 0.312. The van der Waals surface area contributed by atoms with Gasteiger partial charge in [0.1, 0.15) is 0 Å². The van der Waals surface area contributed by atoms with Crippen LogP contribution >= 0.6 is 11.8 Å². The molecule has 0 aromatic heterocycles. The molecule has 1 aliphatic heterocycles. The minimum Gasteiger partial charge on any atom is -0.378 e. The fourth-order valence-electron chi connectivity index (χ4n) is 2.30. The van der Waals surface area contributed by atoms with Crippen LogP contribution in [0.1, 0.15) is 6.42 Å². The number of rotatable bonds is 2. The molecule has 0 radical (unpaired) electrons. The molecule has 0 fully saturated rings. The summed E-state index contributed by atoms with van der Waals surface area (Å²) in [6.45, 7) is 0. The first-order chi connectivity index (χ1) is 9.54. The van der Waals surface area contributed by atoms with E-state index in [-0.39, 0.29) is 0 Å². The molecular formula is C16H19N3S. The summed E-state index contributed by atoms with van der Waals surface area (Å²) in [5.74, 6) is 0. The first-order valence-electron chi connectivity index (χ1n) is 6.71. The van der Waals surface area contributed by atoms with Gasteiger partial charge in [-0.25, -0.2) is 0 Å². The zero-order valence-corrected chi connectivity index (χ0v) is 13.2.